The summed E-state index contributed by atoms with van der Waals surface area (Å²) in [5, 5.41) is 3.24. The van der Waals surface area contributed by atoms with Crippen molar-refractivity contribution in [3.8, 4) is 0 Å². The molecule has 0 saturated carbocycles. The van der Waals surface area contributed by atoms with Crippen molar-refractivity contribution in [2.45, 2.75) is 12.3 Å². The zero-order chi connectivity index (χ0) is 12.0. The van der Waals surface area contributed by atoms with Gasteiger partial charge in [0.2, 0.25) is 5.95 Å². The fourth-order valence-corrected chi connectivity index (χ4v) is 2.80. The Balaban J connectivity index is 2.28. The Morgan fingerprint density at radius 3 is 3.12 bits per heavy atom. The van der Waals surface area contributed by atoms with Crippen LogP contribution in [0.1, 0.15) is 18.2 Å². The summed E-state index contributed by atoms with van der Waals surface area (Å²) in [6.45, 7) is 1.74. The number of anilines is 1. The maximum absolute atomic E-state index is 13.9. The van der Waals surface area contributed by atoms with Crippen molar-refractivity contribution in [1.29, 1.82) is 0 Å². The minimum Gasteiger partial charge on any atom is -0.382 e. The van der Waals surface area contributed by atoms with Crippen LogP contribution in [-0.4, -0.2) is 27.5 Å². The molecule has 1 aliphatic rings. The number of nitrogens with zero attached hydrogens (tertiary/aromatic N) is 3. The van der Waals surface area contributed by atoms with Gasteiger partial charge in [-0.3, -0.25) is 4.40 Å². The van der Waals surface area contributed by atoms with Gasteiger partial charge in [-0.15, -0.1) is 0 Å². The van der Waals surface area contributed by atoms with Crippen LogP contribution < -0.4 is 11.1 Å². The van der Waals surface area contributed by atoms with Gasteiger partial charge in [0.15, 0.2) is 5.82 Å². The molecule has 7 heteroatoms. The second kappa shape index (κ2) is 3.92. The van der Waals surface area contributed by atoms with Crippen LogP contribution in [0.2, 0.25) is 0 Å². The van der Waals surface area contributed by atoms with Crippen molar-refractivity contribution in [3.63, 3.8) is 0 Å². The number of rotatable bonds is 1. The summed E-state index contributed by atoms with van der Waals surface area (Å²) in [6.07, 6.45) is 2.08. The predicted molar refractivity (Wildman–Crippen MR) is 65.3 cm³/mol. The normalized spacial score (nSPS) is 20.2. The first-order valence-electron chi connectivity index (χ1n) is 5.37. The molecule has 2 aromatic rings. The van der Waals surface area contributed by atoms with Crippen LogP contribution in [0.3, 0.4) is 0 Å². The molecular formula is C10H11BrFN5. The Bertz CT molecular complexity index is 576. The van der Waals surface area contributed by atoms with E-state index >= 15 is 0 Å². The summed E-state index contributed by atoms with van der Waals surface area (Å²) in [6, 6.07) is 0. The number of halogens is 2. The van der Waals surface area contributed by atoms with E-state index in [-0.39, 0.29) is 11.7 Å². The first-order valence-corrected chi connectivity index (χ1v) is 6.16. The highest BCUT2D eigenvalue weighted by Crippen LogP contribution is 2.30. The molecule has 0 aliphatic carbocycles. The molecule has 2 aromatic heterocycles. The van der Waals surface area contributed by atoms with Gasteiger partial charge in [-0.05, 0) is 28.9 Å². The lowest BCUT2D eigenvalue weighted by atomic mass is 10.1. The fourth-order valence-electron chi connectivity index (χ4n) is 2.24. The highest BCUT2D eigenvalue weighted by atomic mass is 79.9. The monoisotopic (exact) mass is 299 g/mol. The standard InChI is InChI=1S/C10H11BrFN5/c11-8-7-9(13)15-4-6(12)17(7)10(16-8)5-1-2-14-3-5/h4-5,14H,1-3H2,(H2,13,15)/t5-/m1/s1. The third-order valence-corrected chi connectivity index (χ3v) is 3.61. The zero-order valence-corrected chi connectivity index (χ0v) is 10.5. The van der Waals surface area contributed by atoms with Crippen molar-refractivity contribution in [3.05, 3.63) is 22.6 Å². The number of hydrogen-bond donors (Lipinski definition) is 2. The van der Waals surface area contributed by atoms with Crippen LogP contribution in [0, 0.1) is 5.95 Å². The second-order valence-corrected chi connectivity index (χ2v) is 4.85. The van der Waals surface area contributed by atoms with Crippen LogP contribution in [0.5, 0.6) is 0 Å². The van der Waals surface area contributed by atoms with E-state index in [9.17, 15) is 4.39 Å². The zero-order valence-electron chi connectivity index (χ0n) is 8.95. The highest BCUT2D eigenvalue weighted by molar-refractivity contribution is 9.10. The summed E-state index contributed by atoms with van der Waals surface area (Å²) in [5.74, 6) is 0.755. The van der Waals surface area contributed by atoms with E-state index in [2.05, 4.69) is 31.2 Å². The molecule has 1 saturated heterocycles. The number of nitrogens with two attached hydrogens (primary N) is 1. The summed E-state index contributed by atoms with van der Waals surface area (Å²) in [5.41, 5.74) is 6.26. The van der Waals surface area contributed by atoms with E-state index < -0.39 is 5.95 Å². The smallest absolute Gasteiger partial charge is 0.218 e. The van der Waals surface area contributed by atoms with E-state index in [1.807, 2.05) is 0 Å². The van der Waals surface area contributed by atoms with Crippen molar-refractivity contribution >= 4 is 27.3 Å². The maximum Gasteiger partial charge on any atom is 0.218 e. The van der Waals surface area contributed by atoms with Gasteiger partial charge in [0.1, 0.15) is 15.9 Å². The molecule has 1 aliphatic heterocycles. The van der Waals surface area contributed by atoms with Crippen LogP contribution in [0.25, 0.3) is 5.52 Å². The highest BCUT2D eigenvalue weighted by Gasteiger charge is 2.25. The largest absolute Gasteiger partial charge is 0.382 e. The van der Waals surface area contributed by atoms with Gasteiger partial charge in [-0.1, -0.05) is 0 Å². The summed E-state index contributed by atoms with van der Waals surface area (Å²) < 4.78 is 15.9. The van der Waals surface area contributed by atoms with Crippen LogP contribution in [-0.2, 0) is 0 Å². The second-order valence-electron chi connectivity index (χ2n) is 4.10. The van der Waals surface area contributed by atoms with Gasteiger partial charge >= 0.3 is 0 Å². The third kappa shape index (κ3) is 1.61. The first-order chi connectivity index (χ1) is 8.18. The van der Waals surface area contributed by atoms with Gasteiger partial charge in [-0.25, -0.2) is 9.97 Å². The molecule has 3 heterocycles. The van der Waals surface area contributed by atoms with Crippen molar-refractivity contribution < 1.29 is 4.39 Å². The van der Waals surface area contributed by atoms with E-state index in [4.69, 9.17) is 5.73 Å². The Morgan fingerprint density at radius 2 is 2.41 bits per heavy atom. The summed E-state index contributed by atoms with van der Waals surface area (Å²) in [7, 11) is 0. The molecule has 1 fully saturated rings. The molecule has 0 radical (unpaired) electrons. The molecule has 1 atom stereocenters. The molecule has 3 N–H and O–H groups in total. The average Bonchev–Trinajstić information content (AvgIpc) is 2.91. The molecule has 0 spiro atoms. The van der Waals surface area contributed by atoms with Gasteiger partial charge in [-0.2, -0.15) is 4.39 Å². The maximum atomic E-state index is 13.9. The third-order valence-electron chi connectivity index (χ3n) is 3.05. The lowest BCUT2D eigenvalue weighted by Crippen LogP contribution is -2.11. The average molecular weight is 300 g/mol. The van der Waals surface area contributed by atoms with E-state index in [1.165, 1.54) is 4.40 Å². The number of imidazole rings is 1. The quantitative estimate of drug-likeness (QED) is 0.833. The number of nitrogen functional groups attached to an aromatic ring is 1. The lowest BCUT2D eigenvalue weighted by Gasteiger charge is -2.08. The summed E-state index contributed by atoms with van der Waals surface area (Å²) >= 11 is 3.31. The molecule has 5 nitrogen and oxygen atoms in total. The molecule has 0 bridgehead atoms. The van der Waals surface area contributed by atoms with E-state index in [0.29, 0.717) is 15.9 Å². The van der Waals surface area contributed by atoms with Gasteiger partial charge in [0.25, 0.3) is 0 Å². The van der Waals surface area contributed by atoms with Gasteiger partial charge < -0.3 is 11.1 Å². The molecule has 0 amide bonds. The van der Waals surface area contributed by atoms with E-state index in [0.717, 1.165) is 25.7 Å². The molecule has 90 valence electrons. The SMILES string of the molecule is Nc1ncc(F)n2c([C@@H]3CCNC3)nc(Br)c12. The number of nitrogens with one attached hydrogen (secondary N) is 1. The number of aromatic nitrogens is 3. The number of hydrogen-bond acceptors (Lipinski definition) is 4. The van der Waals surface area contributed by atoms with Gasteiger partial charge in [0, 0.05) is 12.5 Å². The van der Waals surface area contributed by atoms with Crippen LogP contribution in [0.15, 0.2) is 10.8 Å². The Kier molecular flexibility index (Phi) is 2.52. The predicted octanol–water partition coefficient (Wildman–Crippen LogP) is 1.29. The van der Waals surface area contributed by atoms with Crippen LogP contribution in [0.4, 0.5) is 10.2 Å². The van der Waals surface area contributed by atoms with Crippen molar-refractivity contribution in [2.75, 3.05) is 18.8 Å². The topological polar surface area (TPSA) is 68.2 Å². The lowest BCUT2D eigenvalue weighted by molar-refractivity contribution is 0.540. The van der Waals surface area contributed by atoms with Crippen LogP contribution >= 0.6 is 15.9 Å². The van der Waals surface area contributed by atoms with Crippen molar-refractivity contribution in [2.24, 2.45) is 0 Å². The first kappa shape index (κ1) is 10.9. The Hall–Kier alpha value is -1.21. The Labute approximate surface area is 105 Å². The number of fused-ring (bicyclic) bond motifs is 1. The molecule has 17 heavy (non-hydrogen) atoms. The molecule has 0 aromatic carbocycles. The van der Waals surface area contributed by atoms with Gasteiger partial charge in [0.05, 0.1) is 6.20 Å². The minimum atomic E-state index is -0.436. The molecule has 3 rings (SSSR count). The van der Waals surface area contributed by atoms with E-state index in [1.54, 1.807) is 0 Å². The molecule has 0 unspecified atom stereocenters. The fraction of sp³-hybridized carbons (Fsp3) is 0.400. The van der Waals surface area contributed by atoms with Crippen molar-refractivity contribution in [1.82, 2.24) is 19.7 Å². The summed E-state index contributed by atoms with van der Waals surface area (Å²) in [4.78, 5) is 8.18. The minimum absolute atomic E-state index is 0.213. The Morgan fingerprint density at radius 1 is 1.59 bits per heavy atom. The molecular weight excluding hydrogens is 289 g/mol.